The number of methoxy groups -OCH3 is 1. The van der Waals surface area contributed by atoms with Gasteiger partial charge in [0.1, 0.15) is 11.5 Å². The van der Waals surface area contributed by atoms with Gasteiger partial charge in [0, 0.05) is 7.05 Å². The molecule has 0 aliphatic carbocycles. The molecule has 1 aromatic carbocycles. The zero-order valence-electron chi connectivity index (χ0n) is 11.8. The van der Waals surface area contributed by atoms with Crippen LogP contribution in [0.15, 0.2) is 34.7 Å². The SMILES string of the molecule is COC(=O)c1ccc(N(C)Cc2ccc(C)o2)c(N)c1. The number of aryl methyl sites for hydroxylation is 1. The van der Waals surface area contributed by atoms with Crippen molar-refractivity contribution in [2.75, 3.05) is 24.8 Å². The van der Waals surface area contributed by atoms with E-state index in [9.17, 15) is 4.79 Å². The molecule has 2 rings (SSSR count). The number of nitrogens with two attached hydrogens (primary N) is 1. The molecule has 0 fully saturated rings. The third kappa shape index (κ3) is 2.93. The molecule has 0 saturated carbocycles. The van der Waals surface area contributed by atoms with Crippen LogP contribution in [0.1, 0.15) is 21.9 Å². The zero-order chi connectivity index (χ0) is 14.7. The Hall–Kier alpha value is -2.43. The number of furan rings is 1. The van der Waals surface area contributed by atoms with E-state index in [1.165, 1.54) is 7.11 Å². The maximum Gasteiger partial charge on any atom is 0.337 e. The number of benzene rings is 1. The van der Waals surface area contributed by atoms with E-state index in [0.29, 0.717) is 17.8 Å². The lowest BCUT2D eigenvalue weighted by Gasteiger charge is -2.20. The van der Waals surface area contributed by atoms with E-state index in [1.807, 2.05) is 31.0 Å². The molecule has 0 amide bonds. The minimum Gasteiger partial charge on any atom is -0.465 e. The Kier molecular flexibility index (Phi) is 3.98. The van der Waals surface area contributed by atoms with Gasteiger partial charge in [0.2, 0.25) is 0 Å². The Morgan fingerprint density at radius 1 is 1.35 bits per heavy atom. The van der Waals surface area contributed by atoms with Gasteiger partial charge in [-0.1, -0.05) is 0 Å². The number of ether oxygens (including phenoxy) is 1. The van der Waals surface area contributed by atoms with E-state index < -0.39 is 5.97 Å². The molecular weight excluding hydrogens is 256 g/mol. The van der Waals surface area contributed by atoms with Crippen molar-refractivity contribution in [2.24, 2.45) is 0 Å². The molecule has 0 radical (unpaired) electrons. The second-order valence-electron chi connectivity index (χ2n) is 4.63. The van der Waals surface area contributed by atoms with Crippen molar-refractivity contribution in [1.82, 2.24) is 0 Å². The van der Waals surface area contributed by atoms with Gasteiger partial charge in [-0.3, -0.25) is 0 Å². The monoisotopic (exact) mass is 274 g/mol. The predicted molar refractivity (Wildman–Crippen MR) is 77.7 cm³/mol. The molecule has 0 bridgehead atoms. The number of hydrogen-bond donors (Lipinski definition) is 1. The highest BCUT2D eigenvalue weighted by molar-refractivity contribution is 5.91. The van der Waals surface area contributed by atoms with Gasteiger partial charge in [0.15, 0.2) is 0 Å². The van der Waals surface area contributed by atoms with E-state index in [-0.39, 0.29) is 0 Å². The Morgan fingerprint density at radius 2 is 2.10 bits per heavy atom. The lowest BCUT2D eigenvalue weighted by atomic mass is 10.1. The molecule has 2 N–H and O–H groups in total. The minimum absolute atomic E-state index is 0.396. The normalized spacial score (nSPS) is 10.3. The van der Waals surface area contributed by atoms with E-state index >= 15 is 0 Å². The standard InChI is InChI=1S/C15H18N2O3/c1-10-4-6-12(20-10)9-17(2)14-7-5-11(8-13(14)16)15(18)19-3/h4-8H,9,16H2,1-3H3. The van der Waals surface area contributed by atoms with Crippen LogP contribution < -0.4 is 10.6 Å². The summed E-state index contributed by atoms with van der Waals surface area (Å²) < 4.78 is 10.2. The number of esters is 1. The molecule has 5 heteroatoms. The number of nitrogens with zero attached hydrogens (tertiary/aromatic N) is 1. The first-order valence-electron chi connectivity index (χ1n) is 6.25. The van der Waals surface area contributed by atoms with Crippen molar-refractivity contribution < 1.29 is 13.9 Å². The quantitative estimate of drug-likeness (QED) is 0.685. The highest BCUT2D eigenvalue weighted by atomic mass is 16.5. The third-order valence-electron chi connectivity index (χ3n) is 3.05. The molecule has 0 aliphatic heterocycles. The van der Waals surface area contributed by atoms with Crippen LogP contribution in [0, 0.1) is 6.92 Å². The largest absolute Gasteiger partial charge is 0.465 e. The Morgan fingerprint density at radius 3 is 2.65 bits per heavy atom. The summed E-state index contributed by atoms with van der Waals surface area (Å²) in [5.74, 6) is 1.34. The lowest BCUT2D eigenvalue weighted by molar-refractivity contribution is 0.0601. The van der Waals surface area contributed by atoms with Gasteiger partial charge in [-0.05, 0) is 37.3 Å². The van der Waals surface area contributed by atoms with Gasteiger partial charge >= 0.3 is 5.97 Å². The minimum atomic E-state index is -0.396. The number of nitrogen functional groups attached to an aromatic ring is 1. The van der Waals surface area contributed by atoms with E-state index in [0.717, 1.165) is 17.2 Å². The molecule has 0 atom stereocenters. The molecule has 1 aromatic heterocycles. The third-order valence-corrected chi connectivity index (χ3v) is 3.05. The first-order chi connectivity index (χ1) is 9.51. The average Bonchev–Trinajstić information content (AvgIpc) is 2.82. The van der Waals surface area contributed by atoms with Gasteiger partial charge < -0.3 is 19.8 Å². The topological polar surface area (TPSA) is 68.7 Å². The summed E-state index contributed by atoms with van der Waals surface area (Å²) in [6.07, 6.45) is 0. The predicted octanol–water partition coefficient (Wildman–Crippen LogP) is 2.59. The second-order valence-corrected chi connectivity index (χ2v) is 4.63. The Bertz CT molecular complexity index is 619. The molecule has 2 aromatic rings. The summed E-state index contributed by atoms with van der Waals surface area (Å²) in [6, 6.07) is 8.97. The number of rotatable bonds is 4. The van der Waals surface area contributed by atoms with Gasteiger partial charge in [0.05, 0.1) is 30.6 Å². The van der Waals surface area contributed by atoms with Gasteiger partial charge in [-0.2, -0.15) is 0 Å². The fourth-order valence-corrected chi connectivity index (χ4v) is 2.04. The van der Waals surface area contributed by atoms with Crippen LogP contribution in [-0.4, -0.2) is 20.1 Å². The van der Waals surface area contributed by atoms with Crippen LogP contribution in [0.3, 0.4) is 0 Å². The molecule has 20 heavy (non-hydrogen) atoms. The molecule has 106 valence electrons. The van der Waals surface area contributed by atoms with Crippen LogP contribution in [0.2, 0.25) is 0 Å². The van der Waals surface area contributed by atoms with Crippen LogP contribution in [0.25, 0.3) is 0 Å². The maximum atomic E-state index is 11.4. The zero-order valence-corrected chi connectivity index (χ0v) is 11.8. The van der Waals surface area contributed by atoms with Crippen molar-refractivity contribution in [2.45, 2.75) is 13.5 Å². The van der Waals surface area contributed by atoms with Crippen LogP contribution >= 0.6 is 0 Å². The average molecular weight is 274 g/mol. The van der Waals surface area contributed by atoms with Gasteiger partial charge in [-0.15, -0.1) is 0 Å². The summed E-state index contributed by atoms with van der Waals surface area (Å²) in [5.41, 5.74) is 7.80. The van der Waals surface area contributed by atoms with Crippen LogP contribution in [0.4, 0.5) is 11.4 Å². The summed E-state index contributed by atoms with van der Waals surface area (Å²) in [7, 11) is 3.26. The number of anilines is 2. The first-order valence-corrected chi connectivity index (χ1v) is 6.25. The molecular formula is C15H18N2O3. The number of carbonyl (C=O) groups excluding carboxylic acids is 1. The van der Waals surface area contributed by atoms with Crippen molar-refractivity contribution in [3.05, 3.63) is 47.4 Å². The maximum absolute atomic E-state index is 11.4. The number of carbonyl (C=O) groups is 1. The van der Waals surface area contributed by atoms with Crippen molar-refractivity contribution in [3.63, 3.8) is 0 Å². The Balaban J connectivity index is 2.17. The smallest absolute Gasteiger partial charge is 0.337 e. The molecule has 1 heterocycles. The molecule has 5 nitrogen and oxygen atoms in total. The fraction of sp³-hybridized carbons (Fsp3) is 0.267. The highest BCUT2D eigenvalue weighted by Gasteiger charge is 2.12. The van der Waals surface area contributed by atoms with E-state index in [4.69, 9.17) is 10.2 Å². The van der Waals surface area contributed by atoms with Gasteiger partial charge in [-0.25, -0.2) is 4.79 Å². The summed E-state index contributed by atoms with van der Waals surface area (Å²) >= 11 is 0. The molecule has 0 spiro atoms. The highest BCUT2D eigenvalue weighted by Crippen LogP contribution is 2.25. The summed E-state index contributed by atoms with van der Waals surface area (Å²) in [5, 5.41) is 0. The molecule has 0 unspecified atom stereocenters. The van der Waals surface area contributed by atoms with Gasteiger partial charge in [0.25, 0.3) is 0 Å². The molecule has 0 aliphatic rings. The lowest BCUT2D eigenvalue weighted by Crippen LogP contribution is -2.17. The first kappa shape index (κ1) is 14.0. The Labute approximate surface area is 117 Å². The summed E-state index contributed by atoms with van der Waals surface area (Å²) in [4.78, 5) is 13.4. The van der Waals surface area contributed by atoms with Crippen molar-refractivity contribution >= 4 is 17.3 Å². The van der Waals surface area contributed by atoms with Crippen LogP contribution in [0.5, 0.6) is 0 Å². The fourth-order valence-electron chi connectivity index (χ4n) is 2.04. The number of hydrogen-bond acceptors (Lipinski definition) is 5. The summed E-state index contributed by atoms with van der Waals surface area (Å²) in [6.45, 7) is 2.51. The second kappa shape index (κ2) is 5.69. The van der Waals surface area contributed by atoms with E-state index in [2.05, 4.69) is 4.74 Å². The van der Waals surface area contributed by atoms with Crippen molar-refractivity contribution in [1.29, 1.82) is 0 Å². The van der Waals surface area contributed by atoms with E-state index in [1.54, 1.807) is 18.2 Å². The van der Waals surface area contributed by atoms with Crippen molar-refractivity contribution in [3.8, 4) is 0 Å². The van der Waals surface area contributed by atoms with Crippen LogP contribution in [-0.2, 0) is 11.3 Å². The molecule has 0 saturated heterocycles.